The van der Waals surface area contributed by atoms with Gasteiger partial charge in [-0.1, -0.05) is 0 Å². The number of alkyl halides is 2. The van der Waals surface area contributed by atoms with Crippen molar-refractivity contribution in [2.45, 2.75) is 19.8 Å². The maximum atomic E-state index is 12.8. The summed E-state index contributed by atoms with van der Waals surface area (Å²) < 4.78 is 29.9. The molecule has 0 aliphatic carbocycles. The van der Waals surface area contributed by atoms with Gasteiger partial charge in [0.05, 0.1) is 25.2 Å². The molecule has 17 heavy (non-hydrogen) atoms. The van der Waals surface area contributed by atoms with E-state index < -0.39 is 18.1 Å². The topological polar surface area (TPSA) is 63.0 Å². The second-order valence-electron chi connectivity index (χ2n) is 3.34. The Bertz CT molecular complexity index is 481. The van der Waals surface area contributed by atoms with Crippen molar-refractivity contribution in [3.63, 3.8) is 0 Å². The number of methoxy groups -OCH3 is 1. The van der Waals surface area contributed by atoms with E-state index in [0.29, 0.717) is 5.69 Å². The molecular weight excluding hydrogens is 230 g/mol. The third kappa shape index (κ3) is 2.97. The van der Waals surface area contributed by atoms with Gasteiger partial charge in [0, 0.05) is 11.3 Å². The fraction of sp³-hybridized carbons (Fsp3) is 0.364. The summed E-state index contributed by atoms with van der Waals surface area (Å²) in [5, 5.41) is 8.86. The van der Waals surface area contributed by atoms with Crippen molar-refractivity contribution in [1.82, 2.24) is 4.98 Å². The van der Waals surface area contributed by atoms with Gasteiger partial charge in [-0.3, -0.25) is 9.78 Å². The van der Waals surface area contributed by atoms with Crippen LogP contribution in [0.15, 0.2) is 6.07 Å². The molecule has 0 aliphatic heterocycles. The molecule has 1 heterocycles. The first kappa shape index (κ1) is 13.0. The van der Waals surface area contributed by atoms with Crippen LogP contribution in [0.1, 0.15) is 28.9 Å². The molecule has 0 fully saturated rings. The van der Waals surface area contributed by atoms with Gasteiger partial charge in [0.1, 0.15) is 5.69 Å². The van der Waals surface area contributed by atoms with E-state index in [2.05, 4.69) is 9.72 Å². The van der Waals surface area contributed by atoms with Crippen molar-refractivity contribution in [3.8, 4) is 6.07 Å². The van der Waals surface area contributed by atoms with E-state index in [-0.39, 0.29) is 17.5 Å². The zero-order valence-corrected chi connectivity index (χ0v) is 9.33. The van der Waals surface area contributed by atoms with Gasteiger partial charge in [-0.05, 0) is 13.0 Å². The molecule has 0 bridgehead atoms. The monoisotopic (exact) mass is 240 g/mol. The molecule has 0 unspecified atom stereocenters. The molecule has 90 valence electrons. The molecule has 0 saturated carbocycles. The highest BCUT2D eigenvalue weighted by molar-refractivity contribution is 5.74. The van der Waals surface area contributed by atoms with Gasteiger partial charge >= 0.3 is 5.97 Å². The third-order valence-electron chi connectivity index (χ3n) is 2.16. The minimum atomic E-state index is -2.83. The normalized spacial score (nSPS) is 10.1. The fourth-order valence-corrected chi connectivity index (χ4v) is 1.41. The summed E-state index contributed by atoms with van der Waals surface area (Å²) in [7, 11) is 1.15. The van der Waals surface area contributed by atoms with E-state index in [4.69, 9.17) is 5.26 Å². The van der Waals surface area contributed by atoms with Gasteiger partial charge in [-0.25, -0.2) is 8.78 Å². The third-order valence-corrected chi connectivity index (χ3v) is 2.16. The molecule has 0 spiro atoms. The second kappa shape index (κ2) is 5.34. The van der Waals surface area contributed by atoms with Gasteiger partial charge in [-0.15, -0.1) is 0 Å². The fourth-order valence-electron chi connectivity index (χ4n) is 1.41. The summed E-state index contributed by atoms with van der Waals surface area (Å²) in [5.74, 6) is -0.686. The lowest BCUT2D eigenvalue weighted by Crippen LogP contribution is -2.11. The molecule has 0 atom stereocenters. The molecule has 0 amide bonds. The van der Waals surface area contributed by atoms with Gasteiger partial charge in [0.25, 0.3) is 6.43 Å². The number of hydrogen-bond acceptors (Lipinski definition) is 4. The number of carbonyl (C=O) groups is 1. The number of nitriles is 1. The van der Waals surface area contributed by atoms with Crippen LogP contribution >= 0.6 is 0 Å². The van der Waals surface area contributed by atoms with E-state index in [0.717, 1.165) is 7.11 Å². The Morgan fingerprint density at radius 1 is 1.65 bits per heavy atom. The van der Waals surface area contributed by atoms with E-state index in [9.17, 15) is 13.6 Å². The largest absolute Gasteiger partial charge is 0.469 e. The smallest absolute Gasteiger partial charge is 0.310 e. The first-order chi connectivity index (χ1) is 7.99. The van der Waals surface area contributed by atoms with E-state index in [1.165, 1.54) is 13.0 Å². The van der Waals surface area contributed by atoms with Crippen molar-refractivity contribution >= 4 is 5.97 Å². The standard InChI is InChI=1S/C11H10F2N2O2/c1-6-3-7(5-14)8(4-9(16)17-2)10(15-6)11(12)13/h3,11H,4H2,1-2H3. The second-order valence-corrected chi connectivity index (χ2v) is 3.34. The Kier molecular flexibility index (Phi) is 4.10. The van der Waals surface area contributed by atoms with Crippen LogP contribution in [0.3, 0.4) is 0 Å². The van der Waals surface area contributed by atoms with Crippen molar-refractivity contribution in [3.05, 3.63) is 28.6 Å². The molecule has 0 saturated heterocycles. The van der Waals surface area contributed by atoms with Gasteiger partial charge in [0.15, 0.2) is 0 Å². The molecule has 0 aromatic carbocycles. The predicted octanol–water partition coefficient (Wildman–Crippen LogP) is 1.91. The number of rotatable bonds is 3. The Morgan fingerprint density at radius 3 is 2.76 bits per heavy atom. The van der Waals surface area contributed by atoms with Crippen LogP contribution in [0.2, 0.25) is 0 Å². The Morgan fingerprint density at radius 2 is 2.29 bits per heavy atom. The summed E-state index contributed by atoms with van der Waals surface area (Å²) in [4.78, 5) is 14.8. The van der Waals surface area contributed by atoms with Crippen LogP contribution in [-0.4, -0.2) is 18.1 Å². The van der Waals surface area contributed by atoms with Crippen molar-refractivity contribution in [2.75, 3.05) is 7.11 Å². The summed E-state index contributed by atoms with van der Waals surface area (Å²) in [6.45, 7) is 1.51. The van der Waals surface area contributed by atoms with Crippen LogP contribution in [-0.2, 0) is 16.0 Å². The van der Waals surface area contributed by atoms with Crippen LogP contribution < -0.4 is 0 Å². The van der Waals surface area contributed by atoms with Gasteiger partial charge in [0.2, 0.25) is 0 Å². The number of halogens is 2. The molecule has 1 aromatic heterocycles. The Labute approximate surface area is 96.8 Å². The SMILES string of the molecule is COC(=O)Cc1c(C#N)cc(C)nc1C(F)F. The van der Waals surface area contributed by atoms with E-state index in [1.54, 1.807) is 6.07 Å². The van der Waals surface area contributed by atoms with Crippen LogP contribution in [0, 0.1) is 18.3 Å². The van der Waals surface area contributed by atoms with Crippen LogP contribution in [0.4, 0.5) is 8.78 Å². The lowest BCUT2D eigenvalue weighted by Gasteiger charge is -2.10. The quantitative estimate of drug-likeness (QED) is 0.757. The number of pyridine rings is 1. The molecule has 1 rings (SSSR count). The van der Waals surface area contributed by atoms with E-state index in [1.807, 2.05) is 0 Å². The maximum absolute atomic E-state index is 12.8. The molecule has 0 radical (unpaired) electrons. The highest BCUT2D eigenvalue weighted by Gasteiger charge is 2.21. The summed E-state index contributed by atoms with van der Waals surface area (Å²) in [6.07, 6.45) is -3.21. The van der Waals surface area contributed by atoms with Crippen molar-refractivity contribution in [1.29, 1.82) is 5.26 Å². The minimum Gasteiger partial charge on any atom is -0.469 e. The zero-order valence-electron chi connectivity index (χ0n) is 9.33. The van der Waals surface area contributed by atoms with Crippen molar-refractivity contribution < 1.29 is 18.3 Å². The average Bonchev–Trinajstić information content (AvgIpc) is 2.30. The number of esters is 1. The number of carbonyl (C=O) groups excluding carboxylic acids is 1. The molecule has 0 N–H and O–H groups in total. The molecule has 6 heteroatoms. The summed E-state index contributed by atoms with van der Waals surface area (Å²) in [6, 6.07) is 3.15. The zero-order chi connectivity index (χ0) is 13.0. The number of hydrogen-bond donors (Lipinski definition) is 0. The molecular formula is C11H10F2N2O2. The highest BCUT2D eigenvalue weighted by Crippen LogP contribution is 2.24. The summed E-state index contributed by atoms with van der Waals surface area (Å²) in [5.41, 5.74) is -0.268. The average molecular weight is 240 g/mol. The van der Waals surface area contributed by atoms with Crippen LogP contribution in [0.5, 0.6) is 0 Å². The number of aromatic nitrogens is 1. The Balaban J connectivity index is 3.33. The first-order valence-corrected chi connectivity index (χ1v) is 4.75. The van der Waals surface area contributed by atoms with E-state index >= 15 is 0 Å². The van der Waals surface area contributed by atoms with Gasteiger partial charge < -0.3 is 4.74 Å². The number of ether oxygens (including phenoxy) is 1. The molecule has 0 aliphatic rings. The maximum Gasteiger partial charge on any atom is 0.310 e. The summed E-state index contributed by atoms with van der Waals surface area (Å²) >= 11 is 0. The predicted molar refractivity (Wildman–Crippen MR) is 54.4 cm³/mol. The number of aryl methyl sites for hydroxylation is 1. The first-order valence-electron chi connectivity index (χ1n) is 4.75. The minimum absolute atomic E-state index is 0.0261. The Hall–Kier alpha value is -2.03. The molecule has 4 nitrogen and oxygen atoms in total. The van der Waals surface area contributed by atoms with Crippen molar-refractivity contribution in [2.24, 2.45) is 0 Å². The van der Waals surface area contributed by atoms with Gasteiger partial charge in [-0.2, -0.15) is 5.26 Å². The lowest BCUT2D eigenvalue weighted by atomic mass is 10.0. The lowest BCUT2D eigenvalue weighted by molar-refractivity contribution is -0.139. The van der Waals surface area contributed by atoms with Crippen LogP contribution in [0.25, 0.3) is 0 Å². The molecule has 1 aromatic rings. The number of nitrogens with zero attached hydrogens (tertiary/aromatic N) is 2. The highest BCUT2D eigenvalue weighted by atomic mass is 19.3.